The average Bonchev–Trinajstić information content (AvgIpc) is 2.42. The van der Waals surface area contributed by atoms with Crippen molar-refractivity contribution in [2.45, 2.75) is 82.1 Å². The predicted molar refractivity (Wildman–Crippen MR) is 65.4 cm³/mol. The Kier molecular flexibility index (Phi) is 6.51. The molecule has 152 valence electrons. The smallest absolute Gasteiger partial charge is 0.308 e. The van der Waals surface area contributed by atoms with Crippen LogP contribution in [0.15, 0.2) is 0 Å². The van der Waals surface area contributed by atoms with E-state index in [0.717, 1.165) is 0 Å². The van der Waals surface area contributed by atoms with Gasteiger partial charge in [-0.05, 0) is 26.7 Å². The molecule has 0 rings (SSSR count). The number of ether oxygens (including phenoxy) is 1. The fraction of sp³-hybridized carbons (Fsp3) is 1.00. The van der Waals surface area contributed by atoms with E-state index in [1.807, 2.05) is 0 Å². The topological polar surface area (TPSA) is 9.23 Å². The Morgan fingerprint density at radius 1 is 0.760 bits per heavy atom. The Morgan fingerprint density at radius 3 is 1.40 bits per heavy atom. The van der Waals surface area contributed by atoms with Gasteiger partial charge >= 0.3 is 24.1 Å². The summed E-state index contributed by atoms with van der Waals surface area (Å²) in [6.07, 6.45) is -25.3. The third-order valence-corrected chi connectivity index (χ3v) is 4.06. The zero-order valence-electron chi connectivity index (χ0n) is 13.6. The summed E-state index contributed by atoms with van der Waals surface area (Å²) >= 11 is 0. The molecular weight excluding hydrogens is 381 g/mol. The fourth-order valence-electron chi connectivity index (χ4n) is 2.02. The molecule has 0 bridgehead atoms. The van der Waals surface area contributed by atoms with Crippen molar-refractivity contribution in [1.82, 2.24) is 0 Å². The molecule has 0 radical (unpaired) electrons. The maximum absolute atomic E-state index is 14.3. The van der Waals surface area contributed by atoms with Crippen molar-refractivity contribution in [3.05, 3.63) is 0 Å². The van der Waals surface area contributed by atoms with Crippen molar-refractivity contribution in [3.63, 3.8) is 0 Å². The van der Waals surface area contributed by atoms with Crippen LogP contribution in [0.3, 0.4) is 0 Å². The van der Waals surface area contributed by atoms with Gasteiger partial charge in [0.15, 0.2) is 5.67 Å². The van der Waals surface area contributed by atoms with E-state index in [0.29, 0.717) is 13.8 Å². The maximum Gasteiger partial charge on any atom is 0.434 e. The first-order valence-corrected chi connectivity index (χ1v) is 6.96. The molecule has 4 atom stereocenters. The quantitative estimate of drug-likeness (QED) is 0.473. The molecule has 0 aliphatic heterocycles. The van der Waals surface area contributed by atoms with Crippen molar-refractivity contribution < 1.29 is 53.0 Å². The molecule has 0 aromatic rings. The number of hydrogen-bond acceptors (Lipinski definition) is 1. The molecule has 12 heteroatoms. The van der Waals surface area contributed by atoms with Gasteiger partial charge in [-0.1, -0.05) is 13.8 Å². The third kappa shape index (κ3) is 4.13. The van der Waals surface area contributed by atoms with Gasteiger partial charge in [0, 0.05) is 0 Å². The van der Waals surface area contributed by atoms with E-state index in [9.17, 15) is 48.3 Å². The lowest BCUT2D eigenvalue weighted by Crippen LogP contribution is -2.69. The minimum atomic E-state index is -6.56. The molecule has 25 heavy (non-hydrogen) atoms. The van der Waals surface area contributed by atoms with Crippen molar-refractivity contribution in [3.8, 4) is 0 Å². The molecule has 3 unspecified atom stereocenters. The molecule has 0 amide bonds. The van der Waals surface area contributed by atoms with Gasteiger partial charge in [-0.3, -0.25) is 0 Å². The summed E-state index contributed by atoms with van der Waals surface area (Å²) < 4.78 is 149. The summed E-state index contributed by atoms with van der Waals surface area (Å²) in [6, 6.07) is 0. The second-order valence-corrected chi connectivity index (χ2v) is 5.90. The first-order valence-electron chi connectivity index (χ1n) is 6.96. The molecular formula is C13H17F11O. The lowest BCUT2D eigenvalue weighted by atomic mass is 9.83. The standard InChI is InChI=1S/C13H17F11O/c1-5-8(3,7(14)10(16,17)18)25-13(23,24)11(19,12(20,21)22)9(4,15)6-2/h7H,5-6H2,1-4H3/t7?,8?,9?,11-/m0/s1. The summed E-state index contributed by atoms with van der Waals surface area (Å²) in [6.45, 7) is 1.27. The van der Waals surface area contributed by atoms with Crippen LogP contribution in [-0.4, -0.2) is 41.6 Å². The lowest BCUT2D eigenvalue weighted by Gasteiger charge is -2.45. The van der Waals surface area contributed by atoms with E-state index in [4.69, 9.17) is 0 Å². The predicted octanol–water partition coefficient (Wildman–Crippen LogP) is 6.07. The van der Waals surface area contributed by atoms with Crippen LogP contribution >= 0.6 is 0 Å². The van der Waals surface area contributed by atoms with Crippen molar-refractivity contribution >= 4 is 0 Å². The van der Waals surface area contributed by atoms with E-state index in [-0.39, 0.29) is 13.8 Å². The van der Waals surface area contributed by atoms with Crippen molar-refractivity contribution in [1.29, 1.82) is 0 Å². The molecule has 0 heterocycles. The monoisotopic (exact) mass is 398 g/mol. The Morgan fingerprint density at radius 2 is 1.16 bits per heavy atom. The van der Waals surface area contributed by atoms with Crippen LogP contribution in [0.2, 0.25) is 0 Å². The minimum Gasteiger partial charge on any atom is -0.308 e. The summed E-state index contributed by atoms with van der Waals surface area (Å²) in [4.78, 5) is 0. The van der Waals surface area contributed by atoms with Crippen LogP contribution in [0.4, 0.5) is 48.3 Å². The lowest BCUT2D eigenvalue weighted by molar-refractivity contribution is -0.437. The minimum absolute atomic E-state index is 0.0946. The Balaban J connectivity index is 6.24. The van der Waals surface area contributed by atoms with Crippen LogP contribution in [0, 0.1) is 0 Å². The molecule has 0 fully saturated rings. The highest BCUT2D eigenvalue weighted by Crippen LogP contribution is 2.56. The molecule has 0 N–H and O–H groups in total. The van der Waals surface area contributed by atoms with Gasteiger partial charge in [-0.25, -0.2) is 13.2 Å². The highest BCUT2D eigenvalue weighted by atomic mass is 19.4. The summed E-state index contributed by atoms with van der Waals surface area (Å²) in [7, 11) is 0. The van der Waals surface area contributed by atoms with E-state index in [2.05, 4.69) is 4.74 Å². The van der Waals surface area contributed by atoms with Crippen LogP contribution < -0.4 is 0 Å². The SMILES string of the molecule is CCC(C)(OC(F)(F)[C@@](F)(C(F)(F)F)C(C)(F)CC)C(F)C(F)(F)F. The van der Waals surface area contributed by atoms with Gasteiger partial charge in [0.05, 0.1) is 0 Å². The van der Waals surface area contributed by atoms with E-state index in [1.165, 1.54) is 0 Å². The molecule has 0 aliphatic carbocycles. The first kappa shape index (κ1) is 24.2. The number of hydrogen-bond donors (Lipinski definition) is 0. The molecule has 0 aromatic heterocycles. The average molecular weight is 398 g/mol. The van der Waals surface area contributed by atoms with E-state index < -0.39 is 54.4 Å². The molecule has 0 saturated carbocycles. The van der Waals surface area contributed by atoms with Crippen LogP contribution in [0.25, 0.3) is 0 Å². The number of alkyl halides is 11. The van der Waals surface area contributed by atoms with Crippen LogP contribution in [0.1, 0.15) is 40.5 Å². The second kappa shape index (κ2) is 6.73. The Labute approximate surface area is 136 Å². The largest absolute Gasteiger partial charge is 0.434 e. The summed E-state index contributed by atoms with van der Waals surface area (Å²) in [5, 5.41) is 0. The Bertz CT molecular complexity index is 456. The first-order chi connectivity index (χ1) is 10.7. The normalized spacial score (nSPS) is 22.7. The van der Waals surface area contributed by atoms with Gasteiger partial charge in [-0.15, -0.1) is 0 Å². The highest BCUT2D eigenvalue weighted by Gasteiger charge is 2.81. The van der Waals surface area contributed by atoms with Gasteiger partial charge in [0.2, 0.25) is 6.17 Å². The maximum atomic E-state index is 14.3. The molecule has 0 aromatic carbocycles. The zero-order valence-corrected chi connectivity index (χ0v) is 13.6. The Hall–Kier alpha value is -0.810. The zero-order chi connectivity index (χ0) is 20.7. The van der Waals surface area contributed by atoms with E-state index >= 15 is 0 Å². The van der Waals surface area contributed by atoms with Crippen molar-refractivity contribution in [2.75, 3.05) is 0 Å². The third-order valence-electron chi connectivity index (χ3n) is 4.06. The number of rotatable bonds is 7. The summed E-state index contributed by atoms with van der Waals surface area (Å²) in [5.74, 6) is 0. The molecule has 1 nitrogen and oxygen atoms in total. The highest BCUT2D eigenvalue weighted by molar-refractivity contribution is 5.09. The molecule has 0 aliphatic rings. The van der Waals surface area contributed by atoms with Gasteiger partial charge in [0.1, 0.15) is 5.60 Å². The van der Waals surface area contributed by atoms with Crippen LogP contribution in [0.5, 0.6) is 0 Å². The van der Waals surface area contributed by atoms with Gasteiger partial charge < -0.3 is 4.74 Å². The van der Waals surface area contributed by atoms with Crippen molar-refractivity contribution in [2.24, 2.45) is 0 Å². The molecule has 0 saturated heterocycles. The van der Waals surface area contributed by atoms with Gasteiger partial charge in [-0.2, -0.15) is 35.1 Å². The second-order valence-electron chi connectivity index (χ2n) is 5.90. The van der Waals surface area contributed by atoms with Crippen LogP contribution in [-0.2, 0) is 4.74 Å². The molecule has 0 spiro atoms. The van der Waals surface area contributed by atoms with E-state index in [1.54, 1.807) is 0 Å². The number of halogens is 11. The fourth-order valence-corrected chi connectivity index (χ4v) is 2.02. The summed E-state index contributed by atoms with van der Waals surface area (Å²) in [5.41, 5.74) is -13.9. The van der Waals surface area contributed by atoms with Gasteiger partial charge in [0.25, 0.3) is 0 Å².